The fourth-order valence-corrected chi connectivity index (χ4v) is 4.82. The van der Waals surface area contributed by atoms with Crippen molar-refractivity contribution in [2.45, 2.75) is 39.7 Å². The minimum atomic E-state index is -0.590. The van der Waals surface area contributed by atoms with E-state index in [-0.39, 0.29) is 22.8 Å². The summed E-state index contributed by atoms with van der Waals surface area (Å²) in [5.74, 6) is -0.492. The molecular formula is C29H33FN4O3. The van der Waals surface area contributed by atoms with Crippen molar-refractivity contribution in [3.8, 4) is 0 Å². The van der Waals surface area contributed by atoms with Crippen molar-refractivity contribution in [1.29, 1.82) is 0 Å². The smallest absolute Gasteiger partial charge is 0.272 e. The topological polar surface area (TPSA) is 94.4 Å². The van der Waals surface area contributed by atoms with Crippen LogP contribution in [0.25, 0.3) is 11.0 Å². The molecule has 2 N–H and O–H groups in total. The van der Waals surface area contributed by atoms with E-state index in [2.05, 4.69) is 5.10 Å². The van der Waals surface area contributed by atoms with Gasteiger partial charge in [0.2, 0.25) is 0 Å². The first kappa shape index (κ1) is 26.3. The minimum absolute atomic E-state index is 0.125. The van der Waals surface area contributed by atoms with Crippen molar-refractivity contribution < 1.29 is 13.6 Å². The first-order valence-electron chi connectivity index (χ1n) is 12.5. The molecule has 194 valence electrons. The molecule has 0 saturated heterocycles. The molecule has 0 radical (unpaired) electrons. The molecule has 1 amide bonds. The number of fused-ring (bicyclic) bond motifs is 1. The van der Waals surface area contributed by atoms with Gasteiger partial charge in [-0.1, -0.05) is 44.2 Å². The van der Waals surface area contributed by atoms with Gasteiger partial charge in [0.15, 0.2) is 5.43 Å². The van der Waals surface area contributed by atoms with E-state index in [0.717, 1.165) is 11.3 Å². The highest BCUT2D eigenvalue weighted by Gasteiger charge is 2.34. The standard InChI is InChI=1S/C29H33FN4O3/c1-18(2)26(34(14-8-13-31)29(36)24-15-19(3)32-33(24)4)28-23(16-20-9-6-5-7-10-20)27(35)22-12-11-21(30)17-25(22)37-28/h5-7,9-12,15,17-18,26H,8,13-14,16,31H2,1-4H3. The van der Waals surface area contributed by atoms with Crippen LogP contribution in [0.1, 0.15) is 59.4 Å². The number of hydrogen-bond acceptors (Lipinski definition) is 5. The van der Waals surface area contributed by atoms with Crippen LogP contribution in [0.3, 0.4) is 0 Å². The third kappa shape index (κ3) is 5.49. The van der Waals surface area contributed by atoms with Gasteiger partial charge in [0, 0.05) is 31.6 Å². The molecule has 0 aliphatic carbocycles. The predicted octanol–water partition coefficient (Wildman–Crippen LogP) is 4.75. The zero-order valence-corrected chi connectivity index (χ0v) is 21.7. The summed E-state index contributed by atoms with van der Waals surface area (Å²) in [7, 11) is 1.73. The van der Waals surface area contributed by atoms with E-state index in [1.807, 2.05) is 51.1 Å². The largest absolute Gasteiger partial charge is 0.458 e. The van der Waals surface area contributed by atoms with Crippen molar-refractivity contribution in [3.63, 3.8) is 0 Å². The van der Waals surface area contributed by atoms with Crippen LogP contribution in [0.5, 0.6) is 0 Å². The first-order valence-corrected chi connectivity index (χ1v) is 12.5. The first-order chi connectivity index (χ1) is 17.7. The summed E-state index contributed by atoms with van der Waals surface area (Å²) in [6.45, 7) is 6.53. The lowest BCUT2D eigenvalue weighted by Gasteiger charge is -2.35. The monoisotopic (exact) mass is 504 g/mol. The number of carbonyl (C=O) groups excluding carboxylic acids is 1. The summed E-state index contributed by atoms with van der Waals surface area (Å²) < 4.78 is 22.1. The van der Waals surface area contributed by atoms with E-state index in [9.17, 15) is 14.0 Å². The second-order valence-corrected chi connectivity index (χ2v) is 9.70. The van der Waals surface area contributed by atoms with Gasteiger partial charge in [-0.15, -0.1) is 0 Å². The average Bonchev–Trinajstić information content (AvgIpc) is 3.21. The molecule has 2 aromatic heterocycles. The van der Waals surface area contributed by atoms with Crippen molar-refractivity contribution in [3.05, 3.63) is 98.9 Å². The van der Waals surface area contributed by atoms with Gasteiger partial charge < -0.3 is 15.1 Å². The molecule has 0 fully saturated rings. The van der Waals surface area contributed by atoms with Crippen molar-refractivity contribution in [1.82, 2.24) is 14.7 Å². The summed E-state index contributed by atoms with van der Waals surface area (Å²) >= 11 is 0. The maximum atomic E-state index is 14.2. The SMILES string of the molecule is Cc1cc(C(=O)N(CCCN)C(c2oc3cc(F)ccc3c(=O)c2Cc2ccccc2)C(C)C)n(C)n1. The lowest BCUT2D eigenvalue weighted by Crippen LogP contribution is -2.40. The zero-order chi connectivity index (χ0) is 26.7. The number of nitrogens with two attached hydrogens (primary N) is 1. The average molecular weight is 505 g/mol. The molecule has 0 aliphatic heterocycles. The number of carbonyl (C=O) groups is 1. The summed E-state index contributed by atoms with van der Waals surface area (Å²) in [5.41, 5.74) is 8.31. The van der Waals surface area contributed by atoms with Gasteiger partial charge in [-0.2, -0.15) is 5.10 Å². The Hall–Kier alpha value is -3.78. The number of rotatable bonds is 9. The molecule has 0 bridgehead atoms. The lowest BCUT2D eigenvalue weighted by atomic mass is 9.92. The van der Waals surface area contributed by atoms with Crippen LogP contribution >= 0.6 is 0 Å². The third-order valence-corrected chi connectivity index (χ3v) is 6.52. The van der Waals surface area contributed by atoms with E-state index < -0.39 is 11.9 Å². The molecular weight excluding hydrogens is 471 g/mol. The Balaban J connectivity index is 1.95. The molecule has 7 nitrogen and oxygen atoms in total. The van der Waals surface area contributed by atoms with Gasteiger partial charge in [-0.3, -0.25) is 14.3 Å². The molecule has 37 heavy (non-hydrogen) atoms. The highest BCUT2D eigenvalue weighted by atomic mass is 19.1. The molecule has 0 saturated carbocycles. The summed E-state index contributed by atoms with van der Waals surface area (Å²) in [6.07, 6.45) is 0.880. The number of nitrogens with zero attached hydrogens (tertiary/aromatic N) is 3. The fourth-order valence-electron chi connectivity index (χ4n) is 4.82. The fraction of sp³-hybridized carbons (Fsp3) is 0.345. The van der Waals surface area contributed by atoms with Gasteiger partial charge in [0.1, 0.15) is 22.9 Å². The number of halogens is 1. The zero-order valence-electron chi connectivity index (χ0n) is 21.7. The summed E-state index contributed by atoms with van der Waals surface area (Å²) in [6, 6.07) is 14.7. The Kier molecular flexibility index (Phi) is 7.88. The van der Waals surface area contributed by atoms with Gasteiger partial charge in [0.05, 0.1) is 17.1 Å². The van der Waals surface area contributed by atoms with E-state index in [4.69, 9.17) is 10.2 Å². The molecule has 0 spiro atoms. The van der Waals surface area contributed by atoms with Crippen LogP contribution in [0.15, 0.2) is 63.8 Å². The molecule has 8 heteroatoms. The maximum absolute atomic E-state index is 14.2. The lowest BCUT2D eigenvalue weighted by molar-refractivity contribution is 0.0576. The molecule has 1 atom stereocenters. The van der Waals surface area contributed by atoms with E-state index >= 15 is 0 Å². The van der Waals surface area contributed by atoms with E-state index in [1.54, 1.807) is 22.7 Å². The Morgan fingerprint density at radius 1 is 1.16 bits per heavy atom. The predicted molar refractivity (Wildman–Crippen MR) is 142 cm³/mol. The van der Waals surface area contributed by atoms with Crippen LogP contribution in [0, 0.1) is 18.7 Å². The third-order valence-electron chi connectivity index (χ3n) is 6.52. The second-order valence-electron chi connectivity index (χ2n) is 9.70. The highest BCUT2D eigenvalue weighted by Crippen LogP contribution is 2.34. The molecule has 1 unspecified atom stereocenters. The van der Waals surface area contributed by atoms with Crippen LogP contribution in [-0.4, -0.2) is 33.7 Å². The number of benzene rings is 2. The Bertz CT molecular complexity index is 1460. The number of aromatic nitrogens is 2. The van der Waals surface area contributed by atoms with Gasteiger partial charge >= 0.3 is 0 Å². The van der Waals surface area contributed by atoms with Crippen LogP contribution in [0.2, 0.25) is 0 Å². The molecule has 2 heterocycles. The second kappa shape index (κ2) is 11.1. The van der Waals surface area contributed by atoms with Crippen molar-refractivity contribution >= 4 is 16.9 Å². The normalized spacial score (nSPS) is 12.3. The Labute approximate surface area is 215 Å². The molecule has 4 rings (SSSR count). The summed E-state index contributed by atoms with van der Waals surface area (Å²) in [4.78, 5) is 29.4. The van der Waals surface area contributed by atoms with Crippen LogP contribution in [-0.2, 0) is 13.5 Å². The van der Waals surface area contributed by atoms with Gasteiger partial charge in [0.25, 0.3) is 5.91 Å². The minimum Gasteiger partial charge on any atom is -0.458 e. The quantitative estimate of drug-likeness (QED) is 0.355. The Morgan fingerprint density at radius 2 is 1.89 bits per heavy atom. The Morgan fingerprint density at radius 3 is 2.51 bits per heavy atom. The highest BCUT2D eigenvalue weighted by molar-refractivity contribution is 5.93. The summed E-state index contributed by atoms with van der Waals surface area (Å²) in [5, 5.41) is 4.65. The number of amides is 1. The van der Waals surface area contributed by atoms with Crippen LogP contribution < -0.4 is 11.2 Å². The molecule has 0 aliphatic rings. The van der Waals surface area contributed by atoms with Crippen molar-refractivity contribution in [2.24, 2.45) is 18.7 Å². The van der Waals surface area contributed by atoms with E-state index in [1.165, 1.54) is 18.2 Å². The van der Waals surface area contributed by atoms with E-state index in [0.29, 0.717) is 48.3 Å². The van der Waals surface area contributed by atoms with Crippen molar-refractivity contribution in [2.75, 3.05) is 13.1 Å². The van der Waals surface area contributed by atoms with Gasteiger partial charge in [-0.05, 0) is 49.6 Å². The number of aryl methyl sites for hydroxylation is 2. The van der Waals surface area contributed by atoms with Gasteiger partial charge in [-0.25, -0.2) is 4.39 Å². The number of hydrogen-bond donors (Lipinski definition) is 1. The van der Waals surface area contributed by atoms with Crippen LogP contribution in [0.4, 0.5) is 4.39 Å². The molecule has 4 aromatic rings. The molecule has 2 aromatic carbocycles. The maximum Gasteiger partial charge on any atom is 0.272 e.